The van der Waals surface area contributed by atoms with E-state index in [1.54, 1.807) is 10.9 Å². The number of piperidine rings is 1. The fourth-order valence-electron chi connectivity index (χ4n) is 2.37. The summed E-state index contributed by atoms with van der Waals surface area (Å²) < 4.78 is 28.3. The Kier molecular flexibility index (Phi) is 4.95. The van der Waals surface area contributed by atoms with Crippen molar-refractivity contribution >= 4 is 10.0 Å². The quantitative estimate of drug-likeness (QED) is 0.764. The first-order chi connectivity index (χ1) is 9.05. The van der Waals surface area contributed by atoms with Crippen LogP contribution < -0.4 is 10.0 Å². The van der Waals surface area contributed by atoms with Crippen LogP contribution in [0.4, 0.5) is 0 Å². The van der Waals surface area contributed by atoms with Gasteiger partial charge in [-0.2, -0.15) is 5.10 Å². The highest BCUT2D eigenvalue weighted by atomic mass is 32.2. The number of aryl methyl sites for hydroxylation is 1. The van der Waals surface area contributed by atoms with Crippen LogP contribution in [0.1, 0.15) is 18.4 Å². The first kappa shape index (κ1) is 14.5. The van der Waals surface area contributed by atoms with Crippen LogP contribution in [0.15, 0.2) is 12.4 Å². The van der Waals surface area contributed by atoms with Crippen molar-refractivity contribution in [1.29, 1.82) is 0 Å². The highest BCUT2D eigenvalue weighted by molar-refractivity contribution is 7.89. The molecule has 0 aromatic carbocycles. The third-order valence-electron chi connectivity index (χ3n) is 3.41. The van der Waals surface area contributed by atoms with E-state index in [4.69, 9.17) is 0 Å². The van der Waals surface area contributed by atoms with Crippen LogP contribution in [0.25, 0.3) is 0 Å². The molecule has 1 saturated heterocycles. The van der Waals surface area contributed by atoms with Crippen molar-refractivity contribution in [1.82, 2.24) is 19.8 Å². The normalized spacial score (nSPS) is 17.7. The van der Waals surface area contributed by atoms with Gasteiger partial charge in [0.05, 0.1) is 11.9 Å². The van der Waals surface area contributed by atoms with Crippen molar-refractivity contribution in [2.75, 3.05) is 25.4 Å². The van der Waals surface area contributed by atoms with Gasteiger partial charge in [-0.3, -0.25) is 4.68 Å². The highest BCUT2D eigenvalue weighted by Gasteiger charge is 2.20. The average Bonchev–Trinajstić information content (AvgIpc) is 2.75. The van der Waals surface area contributed by atoms with Gasteiger partial charge in [0.15, 0.2) is 0 Å². The van der Waals surface area contributed by atoms with Crippen molar-refractivity contribution in [3.05, 3.63) is 18.0 Å². The van der Waals surface area contributed by atoms with Gasteiger partial charge in [0, 0.05) is 19.8 Å². The lowest BCUT2D eigenvalue weighted by molar-refractivity contribution is 0.400. The fourth-order valence-corrected chi connectivity index (χ4v) is 3.85. The molecule has 0 amide bonds. The zero-order chi connectivity index (χ0) is 13.7. The van der Waals surface area contributed by atoms with Crippen molar-refractivity contribution in [3.8, 4) is 0 Å². The van der Waals surface area contributed by atoms with Gasteiger partial charge in [-0.05, 0) is 43.8 Å². The molecule has 1 aliphatic rings. The summed E-state index contributed by atoms with van der Waals surface area (Å²) in [5, 5.41) is 7.30. The zero-order valence-corrected chi connectivity index (χ0v) is 12.1. The van der Waals surface area contributed by atoms with E-state index in [1.807, 2.05) is 13.2 Å². The Morgan fingerprint density at radius 3 is 2.84 bits per heavy atom. The van der Waals surface area contributed by atoms with E-state index < -0.39 is 10.0 Å². The molecule has 2 heterocycles. The monoisotopic (exact) mass is 286 g/mol. The first-order valence-electron chi connectivity index (χ1n) is 6.71. The second kappa shape index (κ2) is 6.49. The van der Waals surface area contributed by atoms with Crippen molar-refractivity contribution in [2.24, 2.45) is 13.0 Å². The van der Waals surface area contributed by atoms with Crippen molar-refractivity contribution in [2.45, 2.75) is 19.3 Å². The van der Waals surface area contributed by atoms with E-state index in [2.05, 4.69) is 15.1 Å². The number of hydrogen-bond acceptors (Lipinski definition) is 4. The SMILES string of the molecule is Cn1cc(CCNS(=O)(=O)CC2CCNCC2)cn1. The van der Waals surface area contributed by atoms with Crippen LogP contribution in [0.5, 0.6) is 0 Å². The molecule has 1 aliphatic heterocycles. The highest BCUT2D eigenvalue weighted by Crippen LogP contribution is 2.13. The van der Waals surface area contributed by atoms with E-state index in [9.17, 15) is 8.42 Å². The molecule has 0 unspecified atom stereocenters. The largest absolute Gasteiger partial charge is 0.317 e. The summed E-state index contributed by atoms with van der Waals surface area (Å²) in [5.41, 5.74) is 1.05. The summed E-state index contributed by atoms with van der Waals surface area (Å²) in [6.07, 6.45) is 6.24. The van der Waals surface area contributed by atoms with Gasteiger partial charge in [0.25, 0.3) is 0 Å². The molecule has 2 rings (SSSR count). The predicted octanol–water partition coefficient (Wildman–Crippen LogP) is -0.118. The van der Waals surface area contributed by atoms with Crippen molar-refractivity contribution < 1.29 is 8.42 Å². The van der Waals surface area contributed by atoms with Crippen LogP contribution in [0, 0.1) is 5.92 Å². The molecular weight excluding hydrogens is 264 g/mol. The van der Waals surface area contributed by atoms with Crippen LogP contribution in [-0.2, 0) is 23.5 Å². The molecular formula is C12H22N4O2S. The van der Waals surface area contributed by atoms with Gasteiger partial charge < -0.3 is 5.32 Å². The lowest BCUT2D eigenvalue weighted by Gasteiger charge is -2.22. The van der Waals surface area contributed by atoms with Gasteiger partial charge in [-0.15, -0.1) is 0 Å². The van der Waals surface area contributed by atoms with E-state index in [-0.39, 0.29) is 11.7 Å². The van der Waals surface area contributed by atoms with E-state index in [0.717, 1.165) is 31.5 Å². The van der Waals surface area contributed by atoms with Crippen LogP contribution in [0.3, 0.4) is 0 Å². The first-order valence-corrected chi connectivity index (χ1v) is 8.36. The Hall–Kier alpha value is -0.920. The Balaban J connectivity index is 1.74. The molecule has 0 atom stereocenters. The molecule has 108 valence electrons. The van der Waals surface area contributed by atoms with Crippen LogP contribution >= 0.6 is 0 Å². The van der Waals surface area contributed by atoms with Gasteiger partial charge in [0.2, 0.25) is 10.0 Å². The number of rotatable bonds is 6. The maximum atomic E-state index is 11.9. The third kappa shape index (κ3) is 4.93. The Labute approximate surface area is 114 Å². The number of nitrogens with zero attached hydrogens (tertiary/aromatic N) is 2. The minimum absolute atomic E-state index is 0.252. The summed E-state index contributed by atoms with van der Waals surface area (Å²) in [6.45, 7) is 2.30. The Morgan fingerprint density at radius 2 is 2.21 bits per heavy atom. The van der Waals surface area contributed by atoms with Gasteiger partial charge in [-0.1, -0.05) is 0 Å². The molecule has 1 fully saturated rings. The minimum Gasteiger partial charge on any atom is -0.317 e. The summed E-state index contributed by atoms with van der Waals surface area (Å²) in [5.74, 6) is 0.541. The molecule has 6 nitrogen and oxygen atoms in total. The molecule has 7 heteroatoms. The molecule has 0 radical (unpaired) electrons. The lowest BCUT2D eigenvalue weighted by Crippen LogP contribution is -2.36. The summed E-state index contributed by atoms with van der Waals surface area (Å²) in [7, 11) is -1.30. The molecule has 19 heavy (non-hydrogen) atoms. The molecule has 0 saturated carbocycles. The maximum absolute atomic E-state index is 11.9. The molecule has 0 spiro atoms. The Bertz CT molecular complexity index is 492. The maximum Gasteiger partial charge on any atom is 0.211 e. The molecule has 1 aromatic heterocycles. The predicted molar refractivity (Wildman–Crippen MR) is 74.3 cm³/mol. The standard InChI is InChI=1S/C12H22N4O2S/c1-16-9-12(8-14-16)4-7-15-19(17,18)10-11-2-5-13-6-3-11/h8-9,11,13,15H,2-7,10H2,1H3. The summed E-state index contributed by atoms with van der Waals surface area (Å²) in [6, 6.07) is 0. The van der Waals surface area contributed by atoms with E-state index in [0.29, 0.717) is 13.0 Å². The summed E-state index contributed by atoms with van der Waals surface area (Å²) in [4.78, 5) is 0. The van der Waals surface area contributed by atoms with Gasteiger partial charge in [0.1, 0.15) is 0 Å². The number of sulfonamides is 1. The fraction of sp³-hybridized carbons (Fsp3) is 0.750. The smallest absolute Gasteiger partial charge is 0.211 e. The Morgan fingerprint density at radius 1 is 1.47 bits per heavy atom. The second-order valence-electron chi connectivity index (χ2n) is 5.14. The lowest BCUT2D eigenvalue weighted by atomic mass is 10.0. The number of nitrogens with one attached hydrogen (secondary N) is 2. The second-order valence-corrected chi connectivity index (χ2v) is 6.99. The van der Waals surface area contributed by atoms with Crippen LogP contribution in [-0.4, -0.2) is 43.6 Å². The van der Waals surface area contributed by atoms with E-state index >= 15 is 0 Å². The van der Waals surface area contributed by atoms with E-state index in [1.165, 1.54) is 0 Å². The zero-order valence-electron chi connectivity index (χ0n) is 11.3. The minimum atomic E-state index is -3.15. The average molecular weight is 286 g/mol. The molecule has 0 bridgehead atoms. The molecule has 2 N–H and O–H groups in total. The molecule has 0 aliphatic carbocycles. The third-order valence-corrected chi connectivity index (χ3v) is 4.96. The van der Waals surface area contributed by atoms with Gasteiger partial charge in [-0.25, -0.2) is 13.1 Å². The topological polar surface area (TPSA) is 76.0 Å². The number of hydrogen-bond donors (Lipinski definition) is 2. The van der Waals surface area contributed by atoms with Gasteiger partial charge >= 0.3 is 0 Å². The summed E-state index contributed by atoms with van der Waals surface area (Å²) >= 11 is 0. The van der Waals surface area contributed by atoms with Crippen molar-refractivity contribution in [3.63, 3.8) is 0 Å². The number of aromatic nitrogens is 2. The molecule has 1 aromatic rings. The van der Waals surface area contributed by atoms with Crippen LogP contribution in [0.2, 0.25) is 0 Å².